The third kappa shape index (κ3) is 4.63. The van der Waals surface area contributed by atoms with Crippen LogP contribution in [-0.4, -0.2) is 19.5 Å². The van der Waals surface area contributed by atoms with Crippen molar-refractivity contribution in [1.82, 2.24) is 10.6 Å². The molecule has 0 spiro atoms. The van der Waals surface area contributed by atoms with Gasteiger partial charge in [-0.15, -0.1) is 0 Å². The van der Waals surface area contributed by atoms with Crippen LogP contribution in [0.2, 0.25) is 0 Å². The average Bonchev–Trinajstić information content (AvgIpc) is 2.72. The summed E-state index contributed by atoms with van der Waals surface area (Å²) in [6.07, 6.45) is 5.13. The first kappa shape index (κ1) is 14.9. The van der Waals surface area contributed by atoms with Gasteiger partial charge < -0.3 is 10.6 Å². The molecule has 0 bridgehead atoms. The number of hydrogen-bond acceptors (Lipinski definition) is 2. The van der Waals surface area contributed by atoms with Crippen LogP contribution in [0.5, 0.6) is 0 Å². The number of carbonyl (C=O) groups excluding carboxylic acids is 1. The molecule has 5 heteroatoms. The van der Waals surface area contributed by atoms with Crippen LogP contribution in [0.4, 0.5) is 4.39 Å². The van der Waals surface area contributed by atoms with Gasteiger partial charge in [0.25, 0.3) is 0 Å². The molecule has 0 radical (unpaired) electrons. The molecule has 3 nitrogen and oxygen atoms in total. The minimum Gasteiger partial charge on any atom is -0.333 e. The van der Waals surface area contributed by atoms with Gasteiger partial charge in [0.15, 0.2) is 0 Å². The Morgan fingerprint density at radius 2 is 2.22 bits per heavy atom. The molecule has 1 amide bonds. The van der Waals surface area contributed by atoms with Crippen LogP contribution in [0.15, 0.2) is 34.8 Å². The first-order chi connectivity index (χ1) is 8.54. The highest BCUT2D eigenvalue weighted by Gasteiger charge is 2.20. The minimum absolute atomic E-state index is 0.0169. The molecule has 0 aromatic heterocycles. The Hall–Kier alpha value is -1.13. The number of nitrogens with one attached hydrogen (secondary N) is 2. The number of allylic oxidation sites excluding steroid dienone is 5. The van der Waals surface area contributed by atoms with Gasteiger partial charge in [0.2, 0.25) is 6.41 Å². The first-order valence-corrected chi connectivity index (χ1v) is 6.25. The molecule has 0 unspecified atom stereocenters. The third-order valence-corrected chi connectivity index (χ3v) is 3.21. The topological polar surface area (TPSA) is 41.1 Å². The van der Waals surface area contributed by atoms with E-state index in [2.05, 4.69) is 17.6 Å². The van der Waals surface area contributed by atoms with Crippen molar-refractivity contribution in [3.8, 4) is 0 Å². The number of amides is 1. The lowest BCUT2D eigenvalue weighted by molar-refractivity contribution is -0.108. The van der Waals surface area contributed by atoms with Crippen molar-refractivity contribution >= 4 is 18.0 Å². The molecule has 1 heterocycles. The number of rotatable bonds is 5. The van der Waals surface area contributed by atoms with E-state index in [0.29, 0.717) is 23.9 Å². The van der Waals surface area contributed by atoms with E-state index in [4.69, 9.17) is 11.6 Å². The van der Waals surface area contributed by atoms with Gasteiger partial charge in [-0.3, -0.25) is 4.79 Å². The van der Waals surface area contributed by atoms with E-state index < -0.39 is 5.83 Å². The fraction of sp³-hybridized carbons (Fsp3) is 0.462. The summed E-state index contributed by atoms with van der Waals surface area (Å²) in [5, 5.41) is 5.62. The van der Waals surface area contributed by atoms with Crippen molar-refractivity contribution < 1.29 is 9.18 Å². The molecule has 2 atom stereocenters. The lowest BCUT2D eigenvalue weighted by atomic mass is 9.98. The van der Waals surface area contributed by atoms with E-state index in [1.165, 1.54) is 12.2 Å². The molecule has 18 heavy (non-hydrogen) atoms. The summed E-state index contributed by atoms with van der Waals surface area (Å²) < 4.78 is 13.7. The Morgan fingerprint density at radius 3 is 2.78 bits per heavy atom. The van der Waals surface area contributed by atoms with E-state index in [1.807, 2.05) is 6.08 Å². The summed E-state index contributed by atoms with van der Waals surface area (Å²) in [5.74, 6) is 0.336. The normalized spacial score (nSPS) is 26.3. The molecule has 1 rings (SSSR count). The zero-order valence-electron chi connectivity index (χ0n) is 10.5. The smallest absolute Gasteiger partial charge is 0.211 e. The lowest BCUT2D eigenvalue weighted by Crippen LogP contribution is -2.07. The van der Waals surface area contributed by atoms with Crippen molar-refractivity contribution in [3.63, 3.8) is 0 Å². The summed E-state index contributed by atoms with van der Waals surface area (Å²) in [6, 6.07) is 0. The Kier molecular flexibility index (Phi) is 6.09. The van der Waals surface area contributed by atoms with Crippen molar-refractivity contribution in [1.29, 1.82) is 0 Å². The maximum absolute atomic E-state index is 13.7. The van der Waals surface area contributed by atoms with E-state index in [-0.39, 0.29) is 5.03 Å². The van der Waals surface area contributed by atoms with Crippen molar-refractivity contribution in [3.05, 3.63) is 34.8 Å². The molecule has 1 saturated heterocycles. The summed E-state index contributed by atoms with van der Waals surface area (Å²) in [6.45, 7) is 5.58. The summed E-state index contributed by atoms with van der Waals surface area (Å²) in [7, 11) is 0. The van der Waals surface area contributed by atoms with Gasteiger partial charge in [0.1, 0.15) is 5.83 Å². The second-order valence-corrected chi connectivity index (χ2v) is 4.85. The van der Waals surface area contributed by atoms with Crippen molar-refractivity contribution in [2.24, 2.45) is 11.8 Å². The number of halogens is 2. The van der Waals surface area contributed by atoms with Crippen LogP contribution in [-0.2, 0) is 4.79 Å². The monoisotopic (exact) mass is 272 g/mol. The van der Waals surface area contributed by atoms with Gasteiger partial charge in [-0.05, 0) is 37.5 Å². The molecular weight excluding hydrogens is 255 g/mol. The number of carbonyl (C=O) groups is 1. The molecule has 1 aliphatic rings. The SMILES string of the molecule is C\C(=C/C(Cl)=C(F)\C=C\[C@@H]1CNC[C@@H]1C)NC=O. The Morgan fingerprint density at radius 1 is 1.50 bits per heavy atom. The third-order valence-electron chi connectivity index (χ3n) is 2.92. The summed E-state index contributed by atoms with van der Waals surface area (Å²) >= 11 is 5.79. The molecule has 1 fully saturated rings. The standard InChI is InChI=1S/C13H18ClFN2O/c1-9-6-16-7-11(9)3-4-13(15)12(14)5-10(2)17-8-18/h3-5,8-9,11,16H,6-7H2,1-2H3,(H,17,18)/b4-3+,10-5+,13-12-/t9-,11+/m0/s1. The van der Waals surface area contributed by atoms with Gasteiger partial charge >= 0.3 is 0 Å². The molecular formula is C13H18ClFN2O. The highest BCUT2D eigenvalue weighted by Crippen LogP contribution is 2.20. The molecule has 2 N–H and O–H groups in total. The van der Waals surface area contributed by atoms with Gasteiger partial charge in [-0.25, -0.2) is 4.39 Å². The quantitative estimate of drug-likeness (QED) is 0.596. The molecule has 0 aromatic rings. The maximum atomic E-state index is 13.7. The van der Waals surface area contributed by atoms with E-state index in [9.17, 15) is 9.18 Å². The Bertz CT molecular complexity index is 390. The van der Waals surface area contributed by atoms with Crippen LogP contribution in [0.3, 0.4) is 0 Å². The van der Waals surface area contributed by atoms with Gasteiger partial charge in [0.05, 0.1) is 5.03 Å². The highest BCUT2D eigenvalue weighted by molar-refractivity contribution is 6.31. The van der Waals surface area contributed by atoms with Crippen molar-refractivity contribution in [2.45, 2.75) is 13.8 Å². The van der Waals surface area contributed by atoms with E-state index in [0.717, 1.165) is 13.1 Å². The molecule has 0 aliphatic carbocycles. The average molecular weight is 273 g/mol. The predicted octanol–water partition coefficient (Wildman–Crippen LogP) is 2.47. The molecule has 0 saturated carbocycles. The van der Waals surface area contributed by atoms with E-state index >= 15 is 0 Å². The fourth-order valence-electron chi connectivity index (χ4n) is 1.77. The van der Waals surface area contributed by atoms with Crippen LogP contribution in [0.25, 0.3) is 0 Å². The largest absolute Gasteiger partial charge is 0.333 e. The zero-order chi connectivity index (χ0) is 13.5. The van der Waals surface area contributed by atoms with Crippen LogP contribution in [0, 0.1) is 11.8 Å². The Labute approximate surface area is 112 Å². The van der Waals surface area contributed by atoms with Crippen LogP contribution in [0.1, 0.15) is 13.8 Å². The minimum atomic E-state index is -0.497. The van der Waals surface area contributed by atoms with Crippen LogP contribution >= 0.6 is 11.6 Å². The predicted molar refractivity (Wildman–Crippen MR) is 71.6 cm³/mol. The summed E-state index contributed by atoms with van der Waals surface area (Å²) in [4.78, 5) is 10.2. The van der Waals surface area contributed by atoms with Crippen molar-refractivity contribution in [2.75, 3.05) is 13.1 Å². The first-order valence-electron chi connectivity index (χ1n) is 5.87. The molecule has 0 aromatic carbocycles. The zero-order valence-corrected chi connectivity index (χ0v) is 11.3. The van der Waals surface area contributed by atoms with E-state index in [1.54, 1.807) is 6.92 Å². The molecule has 1 aliphatic heterocycles. The Balaban J connectivity index is 2.67. The van der Waals surface area contributed by atoms with Crippen LogP contribution < -0.4 is 10.6 Å². The molecule has 100 valence electrons. The number of hydrogen-bond donors (Lipinski definition) is 2. The fourth-order valence-corrected chi connectivity index (χ4v) is 2.00. The highest BCUT2D eigenvalue weighted by atomic mass is 35.5. The summed E-state index contributed by atoms with van der Waals surface area (Å²) in [5.41, 5.74) is 0.495. The van der Waals surface area contributed by atoms with Gasteiger partial charge in [-0.2, -0.15) is 0 Å². The van der Waals surface area contributed by atoms with Gasteiger partial charge in [0, 0.05) is 12.2 Å². The lowest BCUT2D eigenvalue weighted by Gasteiger charge is -2.07. The second-order valence-electron chi connectivity index (χ2n) is 4.44. The maximum Gasteiger partial charge on any atom is 0.211 e. The second kappa shape index (κ2) is 7.34. The van der Waals surface area contributed by atoms with Gasteiger partial charge in [-0.1, -0.05) is 24.6 Å².